The van der Waals surface area contributed by atoms with Crippen LogP contribution in [-0.2, 0) is 4.79 Å². The maximum Gasteiger partial charge on any atom is 0.244 e. The van der Waals surface area contributed by atoms with Gasteiger partial charge in [0.25, 0.3) is 0 Å². The Morgan fingerprint density at radius 1 is 1.21 bits per heavy atom. The number of piperidine rings is 1. The molecular formula is C22H24N4O2S. The van der Waals surface area contributed by atoms with Crippen molar-refractivity contribution >= 4 is 23.4 Å². The molecule has 1 unspecified atom stereocenters. The SMILES string of the molecule is CSc1cccc(NC(=O)CN2CCCCC2c2nc(-c3ccccc3)no2)c1. The minimum Gasteiger partial charge on any atom is -0.337 e. The molecule has 1 amide bonds. The molecule has 6 nitrogen and oxygen atoms in total. The Bertz CT molecular complexity index is 960. The lowest BCUT2D eigenvalue weighted by atomic mass is 10.0. The van der Waals surface area contributed by atoms with E-state index in [9.17, 15) is 4.79 Å². The van der Waals surface area contributed by atoms with Gasteiger partial charge in [-0.3, -0.25) is 9.69 Å². The fraction of sp³-hybridized carbons (Fsp3) is 0.318. The molecule has 0 radical (unpaired) electrons. The zero-order valence-corrected chi connectivity index (χ0v) is 17.2. The number of rotatable bonds is 6. The summed E-state index contributed by atoms with van der Waals surface area (Å²) >= 11 is 1.65. The number of thioether (sulfide) groups is 1. The topological polar surface area (TPSA) is 71.3 Å². The Balaban J connectivity index is 1.45. The lowest BCUT2D eigenvalue weighted by Crippen LogP contribution is -2.39. The van der Waals surface area contributed by atoms with Gasteiger partial charge in [-0.2, -0.15) is 4.98 Å². The summed E-state index contributed by atoms with van der Waals surface area (Å²) in [7, 11) is 0. The number of carbonyl (C=O) groups is 1. The van der Waals surface area contributed by atoms with Crippen LogP contribution in [-0.4, -0.2) is 40.3 Å². The minimum atomic E-state index is -0.0306. The molecule has 1 N–H and O–H groups in total. The van der Waals surface area contributed by atoms with Crippen LogP contribution in [0.5, 0.6) is 0 Å². The molecule has 0 bridgehead atoms. The summed E-state index contributed by atoms with van der Waals surface area (Å²) in [6.07, 6.45) is 5.08. The maximum absolute atomic E-state index is 12.7. The molecule has 1 fully saturated rings. The van der Waals surface area contributed by atoms with E-state index in [1.165, 1.54) is 0 Å². The average Bonchev–Trinajstić information content (AvgIpc) is 3.25. The van der Waals surface area contributed by atoms with E-state index in [1.54, 1.807) is 11.8 Å². The Morgan fingerprint density at radius 3 is 2.90 bits per heavy atom. The van der Waals surface area contributed by atoms with Gasteiger partial charge in [-0.15, -0.1) is 11.8 Å². The highest BCUT2D eigenvalue weighted by Gasteiger charge is 2.30. The second kappa shape index (κ2) is 9.24. The van der Waals surface area contributed by atoms with E-state index in [2.05, 4.69) is 20.4 Å². The summed E-state index contributed by atoms with van der Waals surface area (Å²) in [6, 6.07) is 17.6. The van der Waals surface area contributed by atoms with E-state index < -0.39 is 0 Å². The number of hydrogen-bond donors (Lipinski definition) is 1. The van der Waals surface area contributed by atoms with Gasteiger partial charge < -0.3 is 9.84 Å². The third-order valence-corrected chi connectivity index (χ3v) is 5.80. The smallest absolute Gasteiger partial charge is 0.244 e. The van der Waals surface area contributed by atoms with E-state index in [0.717, 1.165) is 42.0 Å². The molecule has 2 aromatic carbocycles. The molecule has 0 aliphatic carbocycles. The molecule has 0 saturated carbocycles. The van der Waals surface area contributed by atoms with Crippen molar-refractivity contribution in [2.75, 3.05) is 24.7 Å². The number of hydrogen-bond acceptors (Lipinski definition) is 6. The summed E-state index contributed by atoms with van der Waals surface area (Å²) < 4.78 is 5.58. The molecule has 1 aliphatic rings. The van der Waals surface area contributed by atoms with E-state index in [1.807, 2.05) is 60.9 Å². The Hall–Kier alpha value is -2.64. The quantitative estimate of drug-likeness (QED) is 0.600. The van der Waals surface area contributed by atoms with Crippen molar-refractivity contribution in [3.8, 4) is 11.4 Å². The number of carbonyl (C=O) groups excluding carboxylic acids is 1. The molecular weight excluding hydrogens is 384 g/mol. The number of anilines is 1. The van der Waals surface area contributed by atoms with Crippen molar-refractivity contribution < 1.29 is 9.32 Å². The van der Waals surface area contributed by atoms with Crippen molar-refractivity contribution in [1.29, 1.82) is 0 Å². The van der Waals surface area contributed by atoms with Crippen molar-refractivity contribution in [3.63, 3.8) is 0 Å². The highest BCUT2D eigenvalue weighted by Crippen LogP contribution is 2.31. The van der Waals surface area contributed by atoms with Crippen LogP contribution in [0.3, 0.4) is 0 Å². The predicted molar refractivity (Wildman–Crippen MR) is 115 cm³/mol. The highest BCUT2D eigenvalue weighted by atomic mass is 32.2. The fourth-order valence-corrected chi connectivity index (χ4v) is 4.08. The molecule has 29 heavy (non-hydrogen) atoms. The Kier molecular flexibility index (Phi) is 6.27. The monoisotopic (exact) mass is 408 g/mol. The molecule has 1 aliphatic heterocycles. The van der Waals surface area contributed by atoms with Gasteiger partial charge in [-0.05, 0) is 43.8 Å². The number of likely N-dealkylation sites (tertiary alicyclic amines) is 1. The van der Waals surface area contributed by atoms with Gasteiger partial charge in [0.05, 0.1) is 12.6 Å². The van der Waals surface area contributed by atoms with Crippen molar-refractivity contribution in [1.82, 2.24) is 15.0 Å². The zero-order chi connectivity index (χ0) is 20.1. The van der Waals surface area contributed by atoms with Gasteiger partial charge in [0, 0.05) is 16.1 Å². The maximum atomic E-state index is 12.7. The number of amides is 1. The average molecular weight is 409 g/mol. The van der Waals surface area contributed by atoms with Crippen LogP contribution in [0.1, 0.15) is 31.2 Å². The van der Waals surface area contributed by atoms with Crippen LogP contribution in [0.4, 0.5) is 5.69 Å². The summed E-state index contributed by atoms with van der Waals surface area (Å²) in [4.78, 5) is 20.5. The third kappa shape index (κ3) is 4.86. The Morgan fingerprint density at radius 2 is 2.07 bits per heavy atom. The van der Waals surface area contributed by atoms with Crippen LogP contribution in [0, 0.1) is 0 Å². The second-order valence-electron chi connectivity index (χ2n) is 7.08. The summed E-state index contributed by atoms with van der Waals surface area (Å²) in [5, 5.41) is 7.15. The largest absolute Gasteiger partial charge is 0.337 e. The number of nitrogens with zero attached hydrogens (tertiary/aromatic N) is 3. The van der Waals surface area contributed by atoms with Gasteiger partial charge in [-0.1, -0.05) is 48.0 Å². The van der Waals surface area contributed by atoms with Crippen molar-refractivity contribution in [2.45, 2.75) is 30.2 Å². The molecule has 3 aromatic rings. The van der Waals surface area contributed by atoms with E-state index >= 15 is 0 Å². The fourth-order valence-electron chi connectivity index (χ4n) is 3.62. The van der Waals surface area contributed by atoms with E-state index in [-0.39, 0.29) is 11.9 Å². The lowest BCUT2D eigenvalue weighted by Gasteiger charge is -2.32. The Labute approximate surface area is 174 Å². The van der Waals surface area contributed by atoms with Crippen molar-refractivity contribution in [3.05, 3.63) is 60.5 Å². The van der Waals surface area contributed by atoms with Gasteiger partial charge >= 0.3 is 0 Å². The zero-order valence-electron chi connectivity index (χ0n) is 16.4. The van der Waals surface area contributed by atoms with Crippen molar-refractivity contribution in [2.24, 2.45) is 0 Å². The molecule has 7 heteroatoms. The lowest BCUT2D eigenvalue weighted by molar-refractivity contribution is -0.118. The van der Waals surface area contributed by atoms with Crippen LogP contribution in [0.15, 0.2) is 64.0 Å². The highest BCUT2D eigenvalue weighted by molar-refractivity contribution is 7.98. The van der Waals surface area contributed by atoms with Gasteiger partial charge in [0.15, 0.2) is 0 Å². The van der Waals surface area contributed by atoms with Crippen LogP contribution < -0.4 is 5.32 Å². The first-order valence-corrected chi connectivity index (χ1v) is 11.0. The molecule has 1 atom stereocenters. The first-order chi connectivity index (χ1) is 14.2. The second-order valence-corrected chi connectivity index (χ2v) is 7.96. The van der Waals surface area contributed by atoms with Crippen LogP contribution >= 0.6 is 11.8 Å². The summed E-state index contributed by atoms with van der Waals surface area (Å²) in [5.74, 6) is 1.14. The minimum absolute atomic E-state index is 0.0297. The van der Waals surface area contributed by atoms with E-state index in [4.69, 9.17) is 4.52 Å². The summed E-state index contributed by atoms with van der Waals surface area (Å²) in [6.45, 7) is 1.14. The molecule has 4 rings (SSSR count). The molecule has 150 valence electrons. The first kappa shape index (κ1) is 19.7. The number of benzene rings is 2. The van der Waals surface area contributed by atoms with Crippen LogP contribution in [0.2, 0.25) is 0 Å². The molecule has 1 saturated heterocycles. The molecule has 1 aromatic heterocycles. The van der Waals surface area contributed by atoms with Crippen LogP contribution in [0.25, 0.3) is 11.4 Å². The molecule has 2 heterocycles. The number of nitrogens with one attached hydrogen (secondary N) is 1. The standard InChI is InChI=1S/C22H24N4O2S/c1-29-18-11-7-10-17(14-18)23-20(27)15-26-13-6-5-12-19(26)22-24-21(25-28-22)16-8-3-2-4-9-16/h2-4,7-11,14,19H,5-6,12-13,15H2,1H3,(H,23,27). The summed E-state index contributed by atoms with van der Waals surface area (Å²) in [5.41, 5.74) is 1.75. The normalized spacial score (nSPS) is 17.2. The van der Waals surface area contributed by atoms with Gasteiger partial charge in [0.2, 0.25) is 17.6 Å². The number of aromatic nitrogens is 2. The molecule has 0 spiro atoms. The third-order valence-electron chi connectivity index (χ3n) is 5.07. The van der Waals surface area contributed by atoms with Gasteiger partial charge in [-0.25, -0.2) is 0 Å². The van der Waals surface area contributed by atoms with E-state index in [0.29, 0.717) is 18.3 Å². The van der Waals surface area contributed by atoms with Gasteiger partial charge in [0.1, 0.15) is 0 Å². The predicted octanol–water partition coefficient (Wildman–Crippen LogP) is 4.62. The first-order valence-electron chi connectivity index (χ1n) is 9.80.